The van der Waals surface area contributed by atoms with Crippen LogP contribution in [0.15, 0.2) is 30.5 Å². The monoisotopic (exact) mass is 598 g/mol. The van der Waals surface area contributed by atoms with Gasteiger partial charge in [-0.2, -0.15) is 0 Å². The van der Waals surface area contributed by atoms with E-state index in [2.05, 4.69) is 26.3 Å². The number of amides is 5. The highest BCUT2D eigenvalue weighted by Gasteiger charge is 2.39. The molecule has 5 amide bonds. The van der Waals surface area contributed by atoms with Crippen molar-refractivity contribution >= 4 is 40.4 Å². The third-order valence-electron chi connectivity index (χ3n) is 7.88. The summed E-state index contributed by atoms with van der Waals surface area (Å²) >= 11 is 0. The van der Waals surface area contributed by atoms with Crippen molar-refractivity contribution in [2.24, 2.45) is 17.4 Å². The third-order valence-corrected chi connectivity index (χ3v) is 7.88. The van der Waals surface area contributed by atoms with Crippen LogP contribution >= 0.6 is 0 Å². The molecule has 9 N–H and O–H groups in total. The van der Waals surface area contributed by atoms with E-state index in [-0.39, 0.29) is 24.3 Å². The number of H-pyrrole nitrogens is 1. The summed E-state index contributed by atoms with van der Waals surface area (Å²) < 4.78 is 0. The molecule has 1 aromatic carbocycles. The molecule has 0 saturated carbocycles. The van der Waals surface area contributed by atoms with Gasteiger partial charge in [-0.1, -0.05) is 32.0 Å². The lowest BCUT2D eigenvalue weighted by Crippen LogP contribution is -2.57. The van der Waals surface area contributed by atoms with Crippen LogP contribution in [-0.4, -0.2) is 90.3 Å². The summed E-state index contributed by atoms with van der Waals surface area (Å²) in [6.45, 7) is 4.01. The molecule has 0 radical (unpaired) electrons. The number of aromatic amines is 1. The number of likely N-dealkylation sites (N-methyl/N-ethyl adjacent to an activating group) is 1. The predicted molar refractivity (Wildman–Crippen MR) is 163 cm³/mol. The van der Waals surface area contributed by atoms with E-state index in [0.717, 1.165) is 16.5 Å². The Morgan fingerprint density at radius 2 is 1.81 bits per heavy atom. The first-order valence-corrected chi connectivity index (χ1v) is 15.0. The Morgan fingerprint density at radius 1 is 1.07 bits per heavy atom. The second-order valence-corrected chi connectivity index (χ2v) is 11.3. The molecule has 2 aromatic rings. The fourth-order valence-electron chi connectivity index (χ4n) is 5.45. The molecule has 1 aromatic heterocycles. The van der Waals surface area contributed by atoms with Gasteiger partial charge in [-0.05, 0) is 69.7 Å². The number of nitrogens with zero attached hydrogens (tertiary/aromatic N) is 1. The van der Waals surface area contributed by atoms with Crippen LogP contribution < -0.4 is 32.7 Å². The van der Waals surface area contributed by atoms with E-state index < -0.39 is 41.9 Å². The van der Waals surface area contributed by atoms with E-state index in [1.807, 2.05) is 30.5 Å². The van der Waals surface area contributed by atoms with Gasteiger partial charge in [-0.15, -0.1) is 0 Å². The van der Waals surface area contributed by atoms with Crippen molar-refractivity contribution < 1.29 is 24.0 Å². The highest BCUT2D eigenvalue weighted by atomic mass is 16.2. The highest BCUT2D eigenvalue weighted by molar-refractivity contribution is 5.95. The minimum atomic E-state index is -0.896. The molecule has 1 fully saturated rings. The van der Waals surface area contributed by atoms with Gasteiger partial charge in [-0.25, -0.2) is 0 Å². The van der Waals surface area contributed by atoms with E-state index in [1.165, 1.54) is 4.90 Å². The van der Waals surface area contributed by atoms with Crippen LogP contribution in [0.1, 0.15) is 51.5 Å². The molecule has 0 unspecified atom stereocenters. The van der Waals surface area contributed by atoms with Crippen molar-refractivity contribution in [3.8, 4) is 0 Å². The minimum Gasteiger partial charge on any atom is -0.368 e. The summed E-state index contributed by atoms with van der Waals surface area (Å²) in [7, 11) is 1.68. The largest absolute Gasteiger partial charge is 0.368 e. The van der Waals surface area contributed by atoms with E-state index in [1.54, 1.807) is 20.9 Å². The number of primary amides is 1. The molecular formula is C30H46N8O5. The maximum atomic E-state index is 13.6. The SMILES string of the molecule is CN[C@@H](Cc1c[nH]c2ccccc12)C(=O)NCC(=O)N[C@@H](CCCCN)C(=O)N1CCC[C@H]1C(=O)N[C@H](C(N)=O)C(C)C. The molecule has 1 saturated heterocycles. The zero-order valence-electron chi connectivity index (χ0n) is 25.3. The van der Waals surface area contributed by atoms with Gasteiger partial charge >= 0.3 is 0 Å². The molecule has 236 valence electrons. The topological polar surface area (TPSA) is 205 Å². The minimum absolute atomic E-state index is 0.213. The maximum Gasteiger partial charge on any atom is 0.245 e. The van der Waals surface area contributed by atoms with Gasteiger partial charge in [0.2, 0.25) is 29.5 Å². The van der Waals surface area contributed by atoms with Crippen LogP contribution in [0, 0.1) is 5.92 Å². The number of nitrogens with one attached hydrogen (secondary N) is 5. The summed E-state index contributed by atoms with van der Waals surface area (Å²) in [6.07, 6.45) is 4.91. The fourth-order valence-corrected chi connectivity index (χ4v) is 5.45. The van der Waals surface area contributed by atoms with Crippen LogP contribution in [0.3, 0.4) is 0 Å². The van der Waals surface area contributed by atoms with E-state index in [9.17, 15) is 24.0 Å². The molecular weight excluding hydrogens is 552 g/mol. The summed E-state index contributed by atoms with van der Waals surface area (Å²) in [4.78, 5) is 69.1. The summed E-state index contributed by atoms with van der Waals surface area (Å²) in [6, 6.07) is 4.71. The average molecular weight is 599 g/mol. The number of likely N-dealkylation sites (tertiary alicyclic amines) is 1. The van der Waals surface area contributed by atoms with Crippen LogP contribution in [0.5, 0.6) is 0 Å². The second-order valence-electron chi connectivity index (χ2n) is 11.3. The second kappa shape index (κ2) is 16.0. The summed E-state index contributed by atoms with van der Waals surface area (Å²) in [5.41, 5.74) is 13.0. The van der Waals surface area contributed by atoms with Crippen molar-refractivity contribution in [3.05, 3.63) is 36.0 Å². The van der Waals surface area contributed by atoms with Crippen LogP contribution in [-0.2, 0) is 30.4 Å². The Morgan fingerprint density at radius 3 is 2.49 bits per heavy atom. The number of benzene rings is 1. The molecule has 4 atom stereocenters. The van der Waals surface area contributed by atoms with Gasteiger partial charge in [0.25, 0.3) is 0 Å². The van der Waals surface area contributed by atoms with Gasteiger partial charge in [0.1, 0.15) is 18.1 Å². The van der Waals surface area contributed by atoms with Crippen LogP contribution in [0.4, 0.5) is 0 Å². The van der Waals surface area contributed by atoms with Crippen LogP contribution in [0.2, 0.25) is 0 Å². The number of aromatic nitrogens is 1. The number of carbonyl (C=O) groups excluding carboxylic acids is 5. The summed E-state index contributed by atoms with van der Waals surface area (Å²) in [5.74, 6) is -2.56. The van der Waals surface area contributed by atoms with Crippen LogP contribution in [0.25, 0.3) is 10.9 Å². The van der Waals surface area contributed by atoms with E-state index in [4.69, 9.17) is 11.5 Å². The maximum absolute atomic E-state index is 13.6. The van der Waals surface area contributed by atoms with Crippen molar-refractivity contribution in [3.63, 3.8) is 0 Å². The number of nitrogens with two attached hydrogens (primary N) is 2. The first-order chi connectivity index (χ1) is 20.6. The Balaban J connectivity index is 1.61. The molecule has 2 heterocycles. The number of fused-ring (bicyclic) bond motifs is 1. The Kier molecular flexibility index (Phi) is 12.5. The Bertz CT molecular complexity index is 1280. The lowest BCUT2D eigenvalue weighted by atomic mass is 10.0. The number of hydrogen-bond acceptors (Lipinski definition) is 7. The Labute approximate surface area is 252 Å². The molecule has 0 bridgehead atoms. The molecule has 1 aliphatic heterocycles. The smallest absolute Gasteiger partial charge is 0.245 e. The highest BCUT2D eigenvalue weighted by Crippen LogP contribution is 2.21. The molecule has 0 spiro atoms. The van der Waals surface area contributed by atoms with Gasteiger partial charge in [-0.3, -0.25) is 24.0 Å². The van der Waals surface area contributed by atoms with Gasteiger partial charge in [0, 0.05) is 23.6 Å². The molecule has 43 heavy (non-hydrogen) atoms. The predicted octanol–water partition coefficient (Wildman–Crippen LogP) is -0.354. The van der Waals surface area contributed by atoms with E-state index >= 15 is 0 Å². The standard InChI is InChI=1S/C30H46N8O5/c1-18(2)26(27(32)40)37-29(42)24-12-8-14-38(24)30(43)22(11-6-7-13-31)36-25(39)17-35-28(41)23(33-3)15-19-16-34-21-10-5-4-9-20(19)21/h4-5,9-10,16,18,22-24,26,33-34H,6-8,11-15,17,31H2,1-3H3,(H2,32,40)(H,35,41)(H,36,39)(H,37,42)/t22-,23-,24-,26-/m0/s1. The first kappa shape index (κ1) is 33.5. The zero-order valence-corrected chi connectivity index (χ0v) is 25.3. The summed E-state index contributed by atoms with van der Waals surface area (Å²) in [5, 5.41) is 12.1. The van der Waals surface area contributed by atoms with Gasteiger partial charge < -0.3 is 42.6 Å². The Hall–Kier alpha value is -3.97. The molecule has 0 aliphatic carbocycles. The normalized spacial score (nSPS) is 17.0. The lowest BCUT2D eigenvalue weighted by Gasteiger charge is -2.30. The first-order valence-electron chi connectivity index (χ1n) is 15.0. The van der Waals surface area contributed by atoms with Crippen molar-refractivity contribution in [1.82, 2.24) is 31.2 Å². The number of para-hydroxylation sites is 1. The number of unbranched alkanes of at least 4 members (excludes halogenated alkanes) is 1. The quantitative estimate of drug-likeness (QED) is 0.128. The number of carbonyl (C=O) groups is 5. The number of hydrogen-bond donors (Lipinski definition) is 7. The number of rotatable bonds is 16. The molecule has 1 aliphatic rings. The van der Waals surface area contributed by atoms with Crippen molar-refractivity contribution in [2.75, 3.05) is 26.7 Å². The molecule has 13 nitrogen and oxygen atoms in total. The molecule has 13 heteroatoms. The third kappa shape index (κ3) is 9.01. The van der Waals surface area contributed by atoms with Gasteiger partial charge in [0.05, 0.1) is 12.6 Å². The lowest BCUT2D eigenvalue weighted by molar-refractivity contribution is -0.142. The van der Waals surface area contributed by atoms with Crippen molar-refractivity contribution in [1.29, 1.82) is 0 Å². The van der Waals surface area contributed by atoms with Gasteiger partial charge in [0.15, 0.2) is 0 Å². The van der Waals surface area contributed by atoms with Crippen molar-refractivity contribution in [2.45, 2.75) is 76.5 Å². The van der Waals surface area contributed by atoms with E-state index in [0.29, 0.717) is 51.6 Å². The average Bonchev–Trinajstić information content (AvgIpc) is 3.64. The zero-order chi connectivity index (χ0) is 31.5. The molecule has 3 rings (SSSR count). The fraction of sp³-hybridized carbons (Fsp3) is 0.567.